The molecule has 0 radical (unpaired) electrons. The van der Waals surface area contributed by atoms with E-state index in [0.29, 0.717) is 25.3 Å². The van der Waals surface area contributed by atoms with Gasteiger partial charge in [-0.25, -0.2) is 4.98 Å². The van der Waals surface area contributed by atoms with Crippen molar-refractivity contribution >= 4 is 34.5 Å². The fourth-order valence-corrected chi connectivity index (χ4v) is 3.84. The normalized spacial score (nSPS) is 15.0. The van der Waals surface area contributed by atoms with Crippen molar-refractivity contribution in [2.75, 3.05) is 37.6 Å². The van der Waals surface area contributed by atoms with Gasteiger partial charge in [0.25, 0.3) is 5.91 Å². The van der Waals surface area contributed by atoms with Gasteiger partial charge in [-0.3, -0.25) is 4.79 Å². The third kappa shape index (κ3) is 3.71. The molecule has 0 saturated carbocycles. The molecule has 0 atom stereocenters. The average molecular weight is 365 g/mol. The molecule has 0 bridgehead atoms. The summed E-state index contributed by atoms with van der Waals surface area (Å²) < 4.78 is 0. The van der Waals surface area contributed by atoms with Gasteiger partial charge < -0.3 is 15.5 Å². The lowest BCUT2D eigenvalue weighted by Gasteiger charge is -2.36. The predicted molar refractivity (Wildman–Crippen MR) is 99.2 cm³/mol. The van der Waals surface area contributed by atoms with Gasteiger partial charge in [0.1, 0.15) is 5.69 Å². The fraction of sp³-hybridized carbons (Fsp3) is 0.412. The Morgan fingerprint density at radius 1 is 1.33 bits per heavy atom. The number of anilines is 1. The van der Waals surface area contributed by atoms with Crippen molar-refractivity contribution in [3.63, 3.8) is 0 Å². The van der Waals surface area contributed by atoms with Gasteiger partial charge in [0, 0.05) is 48.7 Å². The maximum absolute atomic E-state index is 12.6. The van der Waals surface area contributed by atoms with Gasteiger partial charge in [0.05, 0.1) is 5.01 Å². The molecule has 1 saturated heterocycles. The zero-order valence-corrected chi connectivity index (χ0v) is 15.2. The van der Waals surface area contributed by atoms with E-state index in [1.54, 1.807) is 0 Å². The van der Waals surface area contributed by atoms with Crippen molar-refractivity contribution in [2.45, 2.75) is 13.3 Å². The number of halogens is 1. The van der Waals surface area contributed by atoms with E-state index in [0.717, 1.165) is 35.2 Å². The molecule has 2 heterocycles. The second-order valence-electron chi connectivity index (χ2n) is 5.88. The summed E-state index contributed by atoms with van der Waals surface area (Å²) in [5.41, 5.74) is 8.42. The Hall–Kier alpha value is -1.63. The maximum atomic E-state index is 12.6. The monoisotopic (exact) mass is 364 g/mol. The van der Waals surface area contributed by atoms with Crippen LogP contribution in [0.25, 0.3) is 0 Å². The van der Waals surface area contributed by atoms with Crippen molar-refractivity contribution in [3.05, 3.63) is 44.9 Å². The highest BCUT2D eigenvalue weighted by molar-refractivity contribution is 7.09. The van der Waals surface area contributed by atoms with Gasteiger partial charge >= 0.3 is 0 Å². The molecule has 0 spiro atoms. The van der Waals surface area contributed by atoms with Gasteiger partial charge in [-0.15, -0.1) is 11.3 Å². The molecule has 5 nitrogen and oxygen atoms in total. The number of rotatable bonds is 4. The van der Waals surface area contributed by atoms with E-state index in [2.05, 4.69) is 16.8 Å². The molecule has 1 fully saturated rings. The van der Waals surface area contributed by atoms with Crippen LogP contribution in [0, 0.1) is 6.92 Å². The highest BCUT2D eigenvalue weighted by atomic mass is 35.5. The topological polar surface area (TPSA) is 62.5 Å². The van der Waals surface area contributed by atoms with Gasteiger partial charge in [0.15, 0.2) is 0 Å². The molecule has 1 amide bonds. The number of amides is 1. The van der Waals surface area contributed by atoms with Crippen LogP contribution in [-0.2, 0) is 6.42 Å². The smallest absolute Gasteiger partial charge is 0.273 e. The van der Waals surface area contributed by atoms with Gasteiger partial charge in [0.2, 0.25) is 0 Å². The summed E-state index contributed by atoms with van der Waals surface area (Å²) in [5, 5.41) is 3.50. The largest absolute Gasteiger partial charge is 0.368 e. The minimum Gasteiger partial charge on any atom is -0.368 e. The minimum atomic E-state index is 0.0111. The number of piperazine rings is 1. The van der Waals surface area contributed by atoms with E-state index >= 15 is 0 Å². The summed E-state index contributed by atoms with van der Waals surface area (Å²) in [5.74, 6) is 0.0111. The van der Waals surface area contributed by atoms with Crippen molar-refractivity contribution in [1.82, 2.24) is 9.88 Å². The van der Waals surface area contributed by atoms with Crippen LogP contribution >= 0.6 is 22.9 Å². The number of aryl methyl sites for hydroxylation is 1. The van der Waals surface area contributed by atoms with Crippen LogP contribution in [0.15, 0.2) is 23.6 Å². The lowest BCUT2D eigenvalue weighted by atomic mass is 10.1. The third-order valence-electron chi connectivity index (χ3n) is 4.21. The number of benzene rings is 1. The Morgan fingerprint density at radius 2 is 2.08 bits per heavy atom. The van der Waals surface area contributed by atoms with E-state index in [1.165, 1.54) is 16.9 Å². The van der Waals surface area contributed by atoms with Gasteiger partial charge in [-0.1, -0.05) is 17.7 Å². The molecule has 1 aromatic carbocycles. The molecule has 7 heteroatoms. The quantitative estimate of drug-likeness (QED) is 0.905. The SMILES string of the molecule is Cc1ccc(Cl)cc1N1CCN(C(=O)c2csc(CCN)n2)CC1. The standard InChI is InChI=1S/C17H21ClN4OS/c1-12-2-3-13(18)10-15(12)21-6-8-22(9-7-21)17(23)14-11-24-16(20-14)4-5-19/h2-3,10-11H,4-9,19H2,1H3. The molecule has 0 unspecified atom stereocenters. The highest BCUT2D eigenvalue weighted by Crippen LogP contribution is 2.25. The van der Waals surface area contributed by atoms with Crippen molar-refractivity contribution in [3.8, 4) is 0 Å². The Bertz CT molecular complexity index is 725. The lowest BCUT2D eigenvalue weighted by Crippen LogP contribution is -2.49. The lowest BCUT2D eigenvalue weighted by molar-refractivity contribution is 0.0741. The van der Waals surface area contributed by atoms with Crippen LogP contribution in [0.5, 0.6) is 0 Å². The molecular formula is C17H21ClN4OS. The molecule has 1 aromatic heterocycles. The molecule has 1 aliphatic rings. The zero-order valence-electron chi connectivity index (χ0n) is 13.7. The number of carbonyl (C=O) groups is 1. The van der Waals surface area contributed by atoms with Crippen molar-refractivity contribution in [1.29, 1.82) is 0 Å². The number of aromatic nitrogens is 1. The summed E-state index contributed by atoms with van der Waals surface area (Å²) >= 11 is 7.62. The maximum Gasteiger partial charge on any atom is 0.273 e. The van der Waals surface area contributed by atoms with E-state index in [1.807, 2.05) is 28.5 Å². The summed E-state index contributed by atoms with van der Waals surface area (Å²) in [4.78, 5) is 21.1. The number of thiazole rings is 1. The number of hydrogen-bond acceptors (Lipinski definition) is 5. The first-order valence-corrected chi connectivity index (χ1v) is 9.29. The minimum absolute atomic E-state index is 0.0111. The second kappa shape index (κ2) is 7.51. The van der Waals surface area contributed by atoms with Crippen LogP contribution in [0.1, 0.15) is 21.1 Å². The predicted octanol–water partition coefficient (Wildman–Crippen LogP) is 2.57. The highest BCUT2D eigenvalue weighted by Gasteiger charge is 2.24. The molecular weight excluding hydrogens is 344 g/mol. The Balaban J connectivity index is 1.63. The number of nitrogens with two attached hydrogens (primary N) is 1. The molecule has 24 heavy (non-hydrogen) atoms. The van der Waals surface area contributed by atoms with Crippen LogP contribution < -0.4 is 10.6 Å². The van der Waals surface area contributed by atoms with E-state index < -0.39 is 0 Å². The first-order chi connectivity index (χ1) is 11.6. The molecule has 2 N–H and O–H groups in total. The van der Waals surface area contributed by atoms with Crippen molar-refractivity contribution < 1.29 is 4.79 Å². The average Bonchev–Trinajstić information content (AvgIpc) is 3.06. The van der Waals surface area contributed by atoms with Crippen molar-refractivity contribution in [2.24, 2.45) is 5.73 Å². The number of nitrogens with zero attached hydrogens (tertiary/aromatic N) is 3. The van der Waals surface area contributed by atoms with Gasteiger partial charge in [-0.2, -0.15) is 0 Å². The van der Waals surface area contributed by atoms with Crippen LogP contribution in [0.3, 0.4) is 0 Å². The van der Waals surface area contributed by atoms with E-state index in [4.69, 9.17) is 17.3 Å². The third-order valence-corrected chi connectivity index (χ3v) is 5.35. The first kappa shape index (κ1) is 17.2. The Labute approximate surface area is 151 Å². The molecule has 3 rings (SSSR count). The van der Waals surface area contributed by atoms with Crippen LogP contribution in [0.2, 0.25) is 5.02 Å². The Morgan fingerprint density at radius 3 is 2.79 bits per heavy atom. The summed E-state index contributed by atoms with van der Waals surface area (Å²) in [6, 6.07) is 5.93. The molecule has 2 aromatic rings. The van der Waals surface area contributed by atoms with E-state index in [9.17, 15) is 4.79 Å². The van der Waals surface area contributed by atoms with Crippen LogP contribution in [-0.4, -0.2) is 48.5 Å². The van der Waals surface area contributed by atoms with E-state index in [-0.39, 0.29) is 5.91 Å². The fourth-order valence-electron chi connectivity index (χ4n) is 2.88. The number of hydrogen-bond donors (Lipinski definition) is 1. The summed E-state index contributed by atoms with van der Waals surface area (Å²) in [6.45, 7) is 5.61. The van der Waals surface area contributed by atoms with Gasteiger partial charge in [-0.05, 0) is 31.2 Å². The molecule has 128 valence electrons. The zero-order chi connectivity index (χ0) is 17.1. The molecule has 1 aliphatic heterocycles. The first-order valence-electron chi connectivity index (χ1n) is 8.03. The second-order valence-corrected chi connectivity index (χ2v) is 7.25. The number of carbonyl (C=O) groups excluding carboxylic acids is 1. The summed E-state index contributed by atoms with van der Waals surface area (Å²) in [6.07, 6.45) is 0.722. The summed E-state index contributed by atoms with van der Waals surface area (Å²) in [7, 11) is 0. The Kier molecular flexibility index (Phi) is 5.38. The van der Waals surface area contributed by atoms with Crippen LogP contribution in [0.4, 0.5) is 5.69 Å². The molecule has 0 aliphatic carbocycles.